The summed E-state index contributed by atoms with van der Waals surface area (Å²) in [6.07, 6.45) is 0. The minimum atomic E-state index is -0.00109. The van der Waals surface area contributed by atoms with Gasteiger partial charge in [-0.3, -0.25) is 9.69 Å². The van der Waals surface area contributed by atoms with Crippen LogP contribution in [0.15, 0.2) is 4.99 Å². The molecule has 1 aliphatic heterocycles. The van der Waals surface area contributed by atoms with Crippen molar-refractivity contribution >= 4 is 11.9 Å². The number of amides is 1. The van der Waals surface area contributed by atoms with Crippen molar-refractivity contribution in [2.24, 2.45) is 10.9 Å². The molecule has 1 amide bonds. The van der Waals surface area contributed by atoms with Crippen molar-refractivity contribution in [3.05, 3.63) is 0 Å². The molecule has 1 aliphatic rings. The van der Waals surface area contributed by atoms with Crippen LogP contribution in [0.25, 0.3) is 0 Å². The average molecular weight is 313 g/mol. The third-order valence-corrected chi connectivity index (χ3v) is 3.37. The van der Waals surface area contributed by atoms with Gasteiger partial charge in [0.2, 0.25) is 5.91 Å². The first kappa shape index (κ1) is 18.7. The number of hydrogen-bond acceptors (Lipinski definition) is 4. The van der Waals surface area contributed by atoms with Crippen LogP contribution in [-0.4, -0.2) is 88.2 Å². The minimum Gasteiger partial charge on any atom is -0.379 e. The highest BCUT2D eigenvalue weighted by atomic mass is 16.5. The van der Waals surface area contributed by atoms with Crippen LogP contribution in [-0.2, 0) is 9.53 Å². The van der Waals surface area contributed by atoms with E-state index in [1.54, 1.807) is 19.0 Å². The number of aliphatic imine (C=N–C) groups is 1. The van der Waals surface area contributed by atoms with Gasteiger partial charge in [-0.1, -0.05) is 13.8 Å². The highest BCUT2D eigenvalue weighted by molar-refractivity contribution is 5.84. The number of nitrogens with one attached hydrogen (secondary N) is 2. The van der Waals surface area contributed by atoms with Gasteiger partial charge in [-0.2, -0.15) is 0 Å². The molecule has 0 saturated carbocycles. The topological polar surface area (TPSA) is 69.2 Å². The molecule has 128 valence electrons. The van der Waals surface area contributed by atoms with Gasteiger partial charge in [0.1, 0.15) is 6.54 Å². The summed E-state index contributed by atoms with van der Waals surface area (Å²) in [5, 5.41) is 6.58. The van der Waals surface area contributed by atoms with Crippen LogP contribution in [0.3, 0.4) is 0 Å². The first-order valence-electron chi connectivity index (χ1n) is 8.01. The summed E-state index contributed by atoms with van der Waals surface area (Å²) < 4.78 is 5.34. The largest absolute Gasteiger partial charge is 0.379 e. The van der Waals surface area contributed by atoms with Crippen LogP contribution in [0.1, 0.15) is 13.8 Å². The number of guanidine groups is 1. The highest BCUT2D eigenvalue weighted by Gasteiger charge is 2.10. The van der Waals surface area contributed by atoms with Crippen LogP contribution in [0.5, 0.6) is 0 Å². The molecule has 0 atom stereocenters. The van der Waals surface area contributed by atoms with Crippen molar-refractivity contribution in [1.29, 1.82) is 0 Å². The fourth-order valence-electron chi connectivity index (χ4n) is 1.92. The fourth-order valence-corrected chi connectivity index (χ4v) is 1.92. The predicted octanol–water partition coefficient (Wildman–Crippen LogP) is -0.402. The smallest absolute Gasteiger partial charge is 0.243 e. The van der Waals surface area contributed by atoms with Gasteiger partial charge in [-0.15, -0.1) is 0 Å². The zero-order chi connectivity index (χ0) is 16.4. The van der Waals surface area contributed by atoms with Crippen molar-refractivity contribution in [2.75, 3.05) is 66.6 Å². The summed E-state index contributed by atoms with van der Waals surface area (Å²) >= 11 is 0. The van der Waals surface area contributed by atoms with E-state index in [-0.39, 0.29) is 12.5 Å². The average Bonchev–Trinajstić information content (AvgIpc) is 2.49. The summed E-state index contributed by atoms with van der Waals surface area (Å²) in [5.41, 5.74) is 0. The molecule has 1 fully saturated rings. The Kier molecular flexibility index (Phi) is 8.84. The summed E-state index contributed by atoms with van der Waals surface area (Å²) in [6.45, 7) is 10.6. The normalized spacial score (nSPS) is 16.7. The molecule has 7 nitrogen and oxygen atoms in total. The Bertz CT molecular complexity index is 352. The Hall–Kier alpha value is -1.34. The van der Waals surface area contributed by atoms with Crippen molar-refractivity contribution in [2.45, 2.75) is 13.8 Å². The quantitative estimate of drug-likeness (QED) is 0.494. The monoisotopic (exact) mass is 313 g/mol. The lowest BCUT2D eigenvalue weighted by Gasteiger charge is -2.26. The van der Waals surface area contributed by atoms with Gasteiger partial charge in [0.25, 0.3) is 0 Å². The maximum atomic E-state index is 11.6. The standard InChI is InChI=1S/C15H31N5O2/c1-13(2)11-17-15(18-12-14(21)19(3)4)16-5-6-20-7-9-22-10-8-20/h13H,5-12H2,1-4H3,(H2,16,17,18). The molecule has 22 heavy (non-hydrogen) atoms. The molecule has 7 heteroatoms. The summed E-state index contributed by atoms with van der Waals surface area (Å²) in [5.74, 6) is 1.23. The number of rotatable bonds is 7. The maximum Gasteiger partial charge on any atom is 0.243 e. The van der Waals surface area contributed by atoms with E-state index in [1.807, 2.05) is 0 Å². The second-order valence-electron chi connectivity index (χ2n) is 6.11. The van der Waals surface area contributed by atoms with E-state index >= 15 is 0 Å². The van der Waals surface area contributed by atoms with Crippen LogP contribution in [0.2, 0.25) is 0 Å². The molecule has 0 bridgehead atoms. The molecule has 0 aliphatic carbocycles. The van der Waals surface area contributed by atoms with Crippen molar-refractivity contribution < 1.29 is 9.53 Å². The fraction of sp³-hybridized carbons (Fsp3) is 0.867. The second kappa shape index (κ2) is 10.4. The summed E-state index contributed by atoms with van der Waals surface area (Å²) in [6, 6.07) is 0. The van der Waals surface area contributed by atoms with Crippen LogP contribution in [0, 0.1) is 5.92 Å². The van der Waals surface area contributed by atoms with Gasteiger partial charge in [0.15, 0.2) is 5.96 Å². The van der Waals surface area contributed by atoms with E-state index in [4.69, 9.17) is 4.74 Å². The van der Waals surface area contributed by atoms with E-state index in [0.29, 0.717) is 11.9 Å². The zero-order valence-corrected chi connectivity index (χ0v) is 14.4. The molecule has 0 unspecified atom stereocenters. The lowest BCUT2D eigenvalue weighted by Crippen LogP contribution is -2.45. The van der Waals surface area contributed by atoms with Gasteiger partial charge in [-0.25, -0.2) is 4.99 Å². The van der Waals surface area contributed by atoms with Gasteiger partial charge in [0, 0.05) is 46.8 Å². The van der Waals surface area contributed by atoms with E-state index in [2.05, 4.69) is 34.4 Å². The number of carbonyl (C=O) groups is 1. The Morgan fingerprint density at radius 1 is 1.27 bits per heavy atom. The first-order chi connectivity index (χ1) is 10.5. The molecule has 0 aromatic carbocycles. The van der Waals surface area contributed by atoms with Gasteiger partial charge in [0.05, 0.1) is 13.2 Å². The van der Waals surface area contributed by atoms with E-state index in [1.165, 1.54) is 0 Å². The van der Waals surface area contributed by atoms with Gasteiger partial charge >= 0.3 is 0 Å². The van der Waals surface area contributed by atoms with E-state index in [0.717, 1.165) is 45.9 Å². The zero-order valence-electron chi connectivity index (χ0n) is 14.4. The van der Waals surface area contributed by atoms with Crippen LogP contribution in [0.4, 0.5) is 0 Å². The van der Waals surface area contributed by atoms with E-state index in [9.17, 15) is 4.79 Å². The molecule has 0 radical (unpaired) electrons. The maximum absolute atomic E-state index is 11.6. The predicted molar refractivity (Wildman–Crippen MR) is 89.1 cm³/mol. The van der Waals surface area contributed by atoms with Gasteiger partial charge in [-0.05, 0) is 5.92 Å². The molecule has 1 saturated heterocycles. The molecule has 2 N–H and O–H groups in total. The number of hydrogen-bond donors (Lipinski definition) is 2. The van der Waals surface area contributed by atoms with Crippen molar-refractivity contribution in [3.8, 4) is 0 Å². The Balaban J connectivity index is 2.39. The summed E-state index contributed by atoms with van der Waals surface area (Å²) in [7, 11) is 3.48. The molecule has 0 spiro atoms. The lowest BCUT2D eigenvalue weighted by molar-refractivity contribution is -0.127. The molecule has 1 rings (SSSR count). The number of carbonyl (C=O) groups excluding carboxylic acids is 1. The van der Waals surface area contributed by atoms with Crippen LogP contribution >= 0.6 is 0 Å². The number of nitrogens with zero attached hydrogens (tertiary/aromatic N) is 3. The molecule has 0 aromatic rings. The Morgan fingerprint density at radius 3 is 2.55 bits per heavy atom. The lowest BCUT2D eigenvalue weighted by atomic mass is 10.2. The number of ether oxygens (including phenoxy) is 1. The Morgan fingerprint density at radius 2 is 1.95 bits per heavy atom. The van der Waals surface area contributed by atoms with Gasteiger partial charge < -0.3 is 20.3 Å². The van der Waals surface area contributed by atoms with Crippen LogP contribution < -0.4 is 10.6 Å². The SMILES string of the molecule is CC(C)CNC(=NCC(=O)N(C)C)NCCN1CCOCC1. The molecule has 1 heterocycles. The second-order valence-corrected chi connectivity index (χ2v) is 6.11. The summed E-state index contributed by atoms with van der Waals surface area (Å²) in [4.78, 5) is 19.9. The van der Waals surface area contributed by atoms with Crippen molar-refractivity contribution in [1.82, 2.24) is 20.4 Å². The minimum absolute atomic E-state index is 0.00109. The first-order valence-corrected chi connectivity index (χ1v) is 8.01. The number of likely N-dealkylation sites (N-methyl/N-ethyl adjacent to an activating group) is 1. The van der Waals surface area contributed by atoms with E-state index < -0.39 is 0 Å². The molecule has 0 aromatic heterocycles. The van der Waals surface area contributed by atoms with Crippen molar-refractivity contribution in [3.63, 3.8) is 0 Å². The third kappa shape index (κ3) is 8.19. The molecular weight excluding hydrogens is 282 g/mol. The number of morpholine rings is 1. The highest BCUT2D eigenvalue weighted by Crippen LogP contribution is 1.95. The Labute approximate surface area is 134 Å². The molecular formula is C15H31N5O2. The third-order valence-electron chi connectivity index (χ3n) is 3.37.